The largest absolute Gasteiger partial charge is 0.440 e. The highest BCUT2D eigenvalue weighted by molar-refractivity contribution is 7.13. The van der Waals surface area contributed by atoms with Gasteiger partial charge in [-0.3, -0.25) is 4.79 Å². The summed E-state index contributed by atoms with van der Waals surface area (Å²) in [7, 11) is 0. The molecule has 1 amide bonds. The summed E-state index contributed by atoms with van der Waals surface area (Å²) in [4.78, 5) is 19.8. The summed E-state index contributed by atoms with van der Waals surface area (Å²) in [6.45, 7) is 6.91. The maximum absolute atomic E-state index is 12.6. The fourth-order valence-electron chi connectivity index (χ4n) is 2.59. The third-order valence-electron chi connectivity index (χ3n) is 3.44. The molecule has 3 heterocycles. The van der Waals surface area contributed by atoms with Gasteiger partial charge in [0.25, 0.3) is 5.91 Å². The molecule has 0 bridgehead atoms. The predicted molar refractivity (Wildman–Crippen MR) is 80.5 cm³/mol. The Morgan fingerprint density at radius 3 is 2.71 bits per heavy atom. The number of carbonyl (C=O) groups is 1. The Morgan fingerprint density at radius 1 is 1.38 bits per heavy atom. The number of ether oxygens (including phenoxy) is 1. The van der Waals surface area contributed by atoms with E-state index in [1.807, 2.05) is 31.4 Å². The van der Waals surface area contributed by atoms with Crippen LogP contribution in [0.3, 0.4) is 0 Å². The Hall–Kier alpha value is -1.66. The van der Waals surface area contributed by atoms with Crippen LogP contribution in [0, 0.1) is 6.92 Å². The molecule has 0 saturated carbocycles. The normalized spacial score (nSPS) is 22.5. The van der Waals surface area contributed by atoms with E-state index in [4.69, 9.17) is 9.15 Å². The Balaban J connectivity index is 1.85. The van der Waals surface area contributed by atoms with Gasteiger partial charge in [-0.2, -0.15) is 0 Å². The maximum atomic E-state index is 12.6. The second kappa shape index (κ2) is 5.61. The van der Waals surface area contributed by atoms with Gasteiger partial charge in [0.05, 0.1) is 17.1 Å². The molecule has 2 aromatic rings. The van der Waals surface area contributed by atoms with Gasteiger partial charge in [0.1, 0.15) is 5.76 Å². The van der Waals surface area contributed by atoms with Gasteiger partial charge in [0.15, 0.2) is 5.69 Å². The standard InChI is InChI=1S/C15H18N2O3S/c1-9-7-17(8-10(2)19-9)15(18)13-11(3)20-14(16-13)12-5-4-6-21-12/h4-6,9-10H,7-8H2,1-3H3/t9-,10-/m1/s1. The van der Waals surface area contributed by atoms with Crippen molar-refractivity contribution in [2.24, 2.45) is 0 Å². The van der Waals surface area contributed by atoms with E-state index in [1.165, 1.54) is 0 Å². The molecule has 6 heteroatoms. The molecule has 1 fully saturated rings. The molecule has 0 radical (unpaired) electrons. The van der Waals surface area contributed by atoms with Crippen LogP contribution in [0.15, 0.2) is 21.9 Å². The first-order valence-electron chi connectivity index (χ1n) is 7.00. The highest BCUT2D eigenvalue weighted by Gasteiger charge is 2.29. The van der Waals surface area contributed by atoms with Gasteiger partial charge in [0.2, 0.25) is 5.89 Å². The van der Waals surface area contributed by atoms with Crippen LogP contribution in [-0.2, 0) is 4.74 Å². The van der Waals surface area contributed by atoms with Crippen LogP contribution in [0.1, 0.15) is 30.1 Å². The van der Waals surface area contributed by atoms with E-state index in [9.17, 15) is 4.79 Å². The zero-order valence-corrected chi connectivity index (χ0v) is 13.1. The minimum atomic E-state index is -0.0824. The smallest absolute Gasteiger partial charge is 0.276 e. The molecular weight excluding hydrogens is 288 g/mol. The van der Waals surface area contributed by atoms with Crippen LogP contribution in [0.4, 0.5) is 0 Å². The van der Waals surface area contributed by atoms with Gasteiger partial charge in [0, 0.05) is 13.1 Å². The minimum Gasteiger partial charge on any atom is -0.440 e. The summed E-state index contributed by atoms with van der Waals surface area (Å²) < 4.78 is 11.3. The number of carbonyl (C=O) groups excluding carboxylic acids is 1. The maximum Gasteiger partial charge on any atom is 0.276 e. The summed E-state index contributed by atoms with van der Waals surface area (Å²) in [5.74, 6) is 0.997. The molecule has 1 saturated heterocycles. The SMILES string of the molecule is Cc1oc(-c2cccs2)nc1C(=O)N1C[C@@H](C)O[C@H](C)C1. The number of hydrogen-bond acceptors (Lipinski definition) is 5. The summed E-state index contributed by atoms with van der Waals surface area (Å²) in [5, 5.41) is 1.96. The number of aryl methyl sites for hydroxylation is 1. The van der Waals surface area contributed by atoms with Gasteiger partial charge in [-0.15, -0.1) is 11.3 Å². The predicted octanol–water partition coefficient (Wildman–Crippen LogP) is 2.96. The zero-order valence-electron chi connectivity index (χ0n) is 12.3. The minimum absolute atomic E-state index is 0.0432. The van der Waals surface area contributed by atoms with E-state index in [1.54, 1.807) is 23.2 Å². The second-order valence-corrected chi connectivity index (χ2v) is 6.32. The van der Waals surface area contributed by atoms with Gasteiger partial charge >= 0.3 is 0 Å². The molecule has 0 N–H and O–H groups in total. The van der Waals surface area contributed by atoms with Crippen molar-refractivity contribution in [2.45, 2.75) is 33.0 Å². The third kappa shape index (κ3) is 2.87. The summed E-state index contributed by atoms with van der Waals surface area (Å²) in [6.07, 6.45) is 0.0864. The number of nitrogens with zero attached hydrogens (tertiary/aromatic N) is 2. The number of hydrogen-bond donors (Lipinski definition) is 0. The number of morpholine rings is 1. The second-order valence-electron chi connectivity index (χ2n) is 5.37. The van der Waals surface area contributed by atoms with Gasteiger partial charge in [-0.1, -0.05) is 6.07 Å². The molecule has 112 valence electrons. The molecule has 21 heavy (non-hydrogen) atoms. The molecule has 1 aliphatic rings. The number of amides is 1. The first-order chi connectivity index (χ1) is 10.0. The van der Waals surface area contributed by atoms with Gasteiger partial charge < -0.3 is 14.1 Å². The first kappa shape index (κ1) is 14.3. The number of oxazole rings is 1. The molecule has 0 aliphatic carbocycles. The van der Waals surface area contributed by atoms with Crippen LogP contribution >= 0.6 is 11.3 Å². The van der Waals surface area contributed by atoms with Gasteiger partial charge in [-0.05, 0) is 32.2 Å². The highest BCUT2D eigenvalue weighted by atomic mass is 32.1. The Morgan fingerprint density at radius 2 is 2.10 bits per heavy atom. The average Bonchev–Trinajstić information content (AvgIpc) is 3.05. The van der Waals surface area contributed by atoms with Crippen molar-refractivity contribution >= 4 is 17.2 Å². The number of aromatic nitrogens is 1. The van der Waals surface area contributed by atoms with Crippen molar-refractivity contribution in [1.29, 1.82) is 0 Å². The monoisotopic (exact) mass is 306 g/mol. The lowest BCUT2D eigenvalue weighted by molar-refractivity contribution is -0.0587. The lowest BCUT2D eigenvalue weighted by atomic mass is 10.2. The quantitative estimate of drug-likeness (QED) is 0.856. The average molecular weight is 306 g/mol. The van der Waals surface area contributed by atoms with Crippen molar-refractivity contribution < 1.29 is 13.9 Å². The molecule has 1 aliphatic heterocycles. The van der Waals surface area contributed by atoms with Crippen LogP contribution in [0.25, 0.3) is 10.8 Å². The summed E-state index contributed by atoms with van der Waals surface area (Å²) in [5.41, 5.74) is 0.403. The van der Waals surface area contributed by atoms with E-state index in [0.29, 0.717) is 30.4 Å². The van der Waals surface area contributed by atoms with Crippen LogP contribution < -0.4 is 0 Å². The molecule has 0 aromatic carbocycles. The Bertz CT molecular complexity index is 625. The Kier molecular flexibility index (Phi) is 3.82. The molecule has 3 rings (SSSR count). The third-order valence-corrected chi connectivity index (χ3v) is 4.30. The summed E-state index contributed by atoms with van der Waals surface area (Å²) in [6, 6.07) is 3.87. The molecule has 0 unspecified atom stereocenters. The van der Waals surface area contributed by atoms with Gasteiger partial charge in [-0.25, -0.2) is 4.98 Å². The van der Waals surface area contributed by atoms with Crippen LogP contribution in [0.5, 0.6) is 0 Å². The number of thiophene rings is 1. The lowest BCUT2D eigenvalue weighted by Crippen LogP contribution is -2.48. The van der Waals surface area contributed by atoms with Crippen molar-refractivity contribution in [2.75, 3.05) is 13.1 Å². The van der Waals surface area contributed by atoms with Crippen molar-refractivity contribution in [3.05, 3.63) is 29.0 Å². The number of rotatable bonds is 2. The fourth-order valence-corrected chi connectivity index (χ4v) is 3.24. The van der Waals surface area contributed by atoms with E-state index in [2.05, 4.69) is 4.98 Å². The van der Waals surface area contributed by atoms with Crippen LogP contribution in [0.2, 0.25) is 0 Å². The van der Waals surface area contributed by atoms with E-state index in [-0.39, 0.29) is 18.1 Å². The molecular formula is C15H18N2O3S. The van der Waals surface area contributed by atoms with Crippen molar-refractivity contribution in [3.63, 3.8) is 0 Å². The van der Waals surface area contributed by atoms with Crippen LogP contribution in [-0.4, -0.2) is 41.1 Å². The molecule has 2 atom stereocenters. The Labute approximate surface area is 127 Å². The topological polar surface area (TPSA) is 55.6 Å². The molecule has 5 nitrogen and oxygen atoms in total. The van der Waals surface area contributed by atoms with Crippen molar-refractivity contribution in [1.82, 2.24) is 9.88 Å². The molecule has 0 spiro atoms. The molecule has 2 aromatic heterocycles. The summed E-state index contributed by atoms with van der Waals surface area (Å²) >= 11 is 1.54. The first-order valence-corrected chi connectivity index (χ1v) is 7.88. The fraction of sp³-hybridized carbons (Fsp3) is 0.467. The lowest BCUT2D eigenvalue weighted by Gasteiger charge is -2.34. The van der Waals surface area contributed by atoms with Crippen molar-refractivity contribution in [3.8, 4) is 10.8 Å². The highest BCUT2D eigenvalue weighted by Crippen LogP contribution is 2.26. The van der Waals surface area contributed by atoms with E-state index >= 15 is 0 Å². The zero-order chi connectivity index (χ0) is 15.0. The van der Waals surface area contributed by atoms with E-state index < -0.39 is 0 Å². The van der Waals surface area contributed by atoms with E-state index in [0.717, 1.165) is 4.88 Å².